The van der Waals surface area contributed by atoms with Gasteiger partial charge in [-0.25, -0.2) is 4.79 Å². The average molecular weight is 691 g/mol. The number of urea groups is 1. The number of fused-ring (bicyclic) bond motifs is 1. The highest BCUT2D eigenvalue weighted by Gasteiger charge is 2.74. The third-order valence-corrected chi connectivity index (χ3v) is 13.0. The number of carbonyl (C=O) groups excluding carboxylic acids is 5. The zero-order valence-corrected chi connectivity index (χ0v) is 28.6. The number of nitrogens with one attached hydrogen (secondary N) is 4. The molecule has 0 aromatic heterocycles. The Morgan fingerprint density at radius 1 is 0.894 bits per heavy atom. The molecular formula is C35H49Cl2N5O5. The summed E-state index contributed by atoms with van der Waals surface area (Å²) in [6.45, 7) is 7.52. The van der Waals surface area contributed by atoms with Crippen LogP contribution >= 0.6 is 23.2 Å². The molecule has 5 amide bonds. The molecular weight excluding hydrogens is 641 g/mol. The number of carbonyl (C=O) groups is 5. The fourth-order valence-corrected chi connectivity index (χ4v) is 10.9. The highest BCUT2D eigenvalue weighted by Crippen LogP contribution is 2.65. The van der Waals surface area contributed by atoms with E-state index in [0.717, 1.165) is 51.4 Å². The molecule has 6 saturated carbocycles. The molecule has 7 fully saturated rings. The molecule has 6 aliphatic carbocycles. The summed E-state index contributed by atoms with van der Waals surface area (Å²) in [6.07, 6.45) is 15.0. The lowest BCUT2D eigenvalue weighted by atomic mass is 9.53. The zero-order chi connectivity index (χ0) is 33.5. The quantitative estimate of drug-likeness (QED) is 0.131. The third kappa shape index (κ3) is 6.96. The predicted octanol–water partition coefficient (Wildman–Crippen LogP) is 4.16. The van der Waals surface area contributed by atoms with E-state index in [4.69, 9.17) is 23.2 Å². The highest BCUT2D eigenvalue weighted by atomic mass is 35.5. The molecule has 4 bridgehead atoms. The zero-order valence-electron chi connectivity index (χ0n) is 27.1. The summed E-state index contributed by atoms with van der Waals surface area (Å²) in [5, 5.41) is 11.7. The summed E-state index contributed by atoms with van der Waals surface area (Å²) in [7, 11) is 0. The lowest BCUT2D eigenvalue weighted by Crippen LogP contribution is -2.64. The second-order valence-corrected chi connectivity index (χ2v) is 16.6. The monoisotopic (exact) mass is 689 g/mol. The SMILES string of the molecule is C=CCC[C@H](NC(=O)[C@@H]1[C@@H]2[C@H](CN1C(=O)[C@@H](NC(=O)NC13CC4CC(CC(C4)C1)C3)C1CCCCC1)C2(Cl)Cl)C(=O)C(=O)NCC=C. The van der Waals surface area contributed by atoms with Gasteiger partial charge in [-0.1, -0.05) is 31.4 Å². The van der Waals surface area contributed by atoms with Crippen LogP contribution in [-0.4, -0.2) is 75.5 Å². The number of allylic oxidation sites excluding steroid dienone is 1. The maximum Gasteiger partial charge on any atom is 0.315 e. The van der Waals surface area contributed by atoms with E-state index < -0.39 is 46.0 Å². The Hall–Kier alpha value is -2.59. The van der Waals surface area contributed by atoms with Crippen molar-refractivity contribution in [3.05, 3.63) is 25.3 Å². The molecule has 1 heterocycles. The van der Waals surface area contributed by atoms with Crippen LogP contribution in [0.2, 0.25) is 0 Å². The first kappa shape index (κ1) is 34.3. The Morgan fingerprint density at radius 3 is 2.13 bits per heavy atom. The summed E-state index contributed by atoms with van der Waals surface area (Å²) in [6, 6.07) is -3.29. The van der Waals surface area contributed by atoms with Crippen LogP contribution in [0, 0.1) is 35.5 Å². The van der Waals surface area contributed by atoms with Gasteiger partial charge >= 0.3 is 6.03 Å². The first-order valence-electron chi connectivity index (χ1n) is 17.6. The standard InChI is InChI=1S/C35H49Cl2N5O5/c1-3-5-11-25(29(43)31(45)38-12-4-2)39-30(44)28-26-24(35(26,36)37)19-42(28)32(46)27(23-9-7-6-8-10-23)40-33(47)41-34-16-20-13-21(17-34)15-22(14-20)18-34/h3-4,20-28H,1-2,5-19H2,(H,38,45)(H,39,44)(H2,40,41,47)/t20?,21?,22?,24-,25-,26-,27-,28-,34?/m0/s1. The molecule has 0 aromatic rings. The van der Waals surface area contributed by atoms with E-state index in [0.29, 0.717) is 24.2 Å². The van der Waals surface area contributed by atoms with E-state index in [1.165, 1.54) is 30.2 Å². The van der Waals surface area contributed by atoms with Gasteiger partial charge in [-0.15, -0.1) is 36.4 Å². The molecule has 12 heteroatoms. The van der Waals surface area contributed by atoms with Crippen molar-refractivity contribution in [3.63, 3.8) is 0 Å². The van der Waals surface area contributed by atoms with Crippen LogP contribution in [0.1, 0.15) is 83.5 Å². The van der Waals surface area contributed by atoms with Crippen molar-refractivity contribution in [3.8, 4) is 0 Å². The van der Waals surface area contributed by atoms with E-state index in [1.54, 1.807) is 6.08 Å². The topological polar surface area (TPSA) is 137 Å². The van der Waals surface area contributed by atoms with Gasteiger partial charge in [0.15, 0.2) is 0 Å². The molecule has 0 unspecified atom stereocenters. The molecule has 258 valence electrons. The number of ketones is 1. The number of Topliss-reactive ketones (excluding diaryl/α,β-unsaturated/α-hetero) is 1. The smallest absolute Gasteiger partial charge is 0.315 e. The fourth-order valence-electron chi connectivity index (χ4n) is 10.1. The molecule has 5 atom stereocenters. The fraction of sp³-hybridized carbons (Fsp3) is 0.743. The molecule has 1 aliphatic heterocycles. The van der Waals surface area contributed by atoms with Crippen LogP contribution in [0.5, 0.6) is 0 Å². The Labute approximate surface area is 287 Å². The van der Waals surface area contributed by atoms with Gasteiger partial charge in [-0.2, -0.15) is 0 Å². The summed E-state index contributed by atoms with van der Waals surface area (Å²) in [5.41, 5.74) is -0.210. The van der Waals surface area contributed by atoms with Crippen LogP contribution in [0.3, 0.4) is 0 Å². The highest BCUT2D eigenvalue weighted by molar-refractivity contribution is 6.51. The first-order valence-corrected chi connectivity index (χ1v) is 18.3. The van der Waals surface area contributed by atoms with Gasteiger partial charge < -0.3 is 26.2 Å². The van der Waals surface area contributed by atoms with Crippen molar-refractivity contribution in [1.29, 1.82) is 0 Å². The minimum absolute atomic E-state index is 0.0637. The van der Waals surface area contributed by atoms with Crippen molar-refractivity contribution >= 4 is 52.7 Å². The van der Waals surface area contributed by atoms with Gasteiger partial charge in [0.05, 0.1) is 6.04 Å². The van der Waals surface area contributed by atoms with E-state index in [2.05, 4.69) is 34.4 Å². The van der Waals surface area contributed by atoms with Gasteiger partial charge in [-0.05, 0) is 87.9 Å². The van der Waals surface area contributed by atoms with E-state index >= 15 is 0 Å². The van der Waals surface area contributed by atoms with Crippen molar-refractivity contribution in [2.75, 3.05) is 13.1 Å². The molecule has 1 saturated heterocycles. The molecule has 0 radical (unpaired) electrons. The van der Waals surface area contributed by atoms with Crippen LogP contribution in [-0.2, 0) is 19.2 Å². The normalized spacial score (nSPS) is 34.4. The van der Waals surface area contributed by atoms with Crippen molar-refractivity contribution in [2.24, 2.45) is 35.5 Å². The molecule has 4 N–H and O–H groups in total. The number of hydrogen-bond donors (Lipinski definition) is 4. The van der Waals surface area contributed by atoms with E-state index in [-0.39, 0.29) is 48.8 Å². The van der Waals surface area contributed by atoms with Crippen molar-refractivity contribution in [2.45, 2.75) is 111 Å². The van der Waals surface area contributed by atoms with E-state index in [1.807, 2.05) is 0 Å². The lowest BCUT2D eigenvalue weighted by molar-refractivity contribution is -0.144. The number of hydrogen-bond acceptors (Lipinski definition) is 5. The minimum Gasteiger partial charge on any atom is -0.346 e. The summed E-state index contributed by atoms with van der Waals surface area (Å²) in [5.74, 6) is -1.48. The first-order chi connectivity index (χ1) is 22.5. The number of alkyl halides is 2. The predicted molar refractivity (Wildman–Crippen MR) is 179 cm³/mol. The molecule has 47 heavy (non-hydrogen) atoms. The number of amides is 5. The summed E-state index contributed by atoms with van der Waals surface area (Å²) >= 11 is 13.2. The van der Waals surface area contributed by atoms with E-state index in [9.17, 15) is 24.0 Å². The number of nitrogens with zero attached hydrogens (tertiary/aromatic N) is 1. The molecule has 0 aromatic carbocycles. The van der Waals surface area contributed by atoms with Gasteiger partial charge in [-0.3, -0.25) is 19.2 Å². The average Bonchev–Trinajstić information content (AvgIpc) is 3.34. The largest absolute Gasteiger partial charge is 0.346 e. The van der Waals surface area contributed by atoms with Crippen LogP contribution < -0.4 is 21.3 Å². The second kappa shape index (κ2) is 13.7. The van der Waals surface area contributed by atoms with Gasteiger partial charge in [0, 0.05) is 30.5 Å². The number of halogens is 2. The van der Waals surface area contributed by atoms with Crippen LogP contribution in [0.4, 0.5) is 4.79 Å². The Bertz CT molecular complexity index is 1260. The summed E-state index contributed by atoms with van der Waals surface area (Å²) < 4.78 is -1.19. The Balaban J connectivity index is 1.19. The Kier molecular flexibility index (Phi) is 10.0. The van der Waals surface area contributed by atoms with Gasteiger partial charge in [0.25, 0.3) is 5.91 Å². The number of piperidine rings is 1. The molecule has 7 aliphatic rings. The number of rotatable bonds is 13. The van der Waals surface area contributed by atoms with Gasteiger partial charge in [0.2, 0.25) is 17.6 Å². The third-order valence-electron chi connectivity index (χ3n) is 11.9. The maximum absolute atomic E-state index is 14.5. The van der Waals surface area contributed by atoms with Gasteiger partial charge in [0.1, 0.15) is 16.4 Å². The van der Waals surface area contributed by atoms with Crippen LogP contribution in [0.25, 0.3) is 0 Å². The van der Waals surface area contributed by atoms with Crippen molar-refractivity contribution < 1.29 is 24.0 Å². The maximum atomic E-state index is 14.5. The van der Waals surface area contributed by atoms with Crippen LogP contribution in [0.15, 0.2) is 25.3 Å². The molecule has 10 nitrogen and oxygen atoms in total. The second-order valence-electron chi connectivity index (χ2n) is 15.2. The molecule has 7 rings (SSSR count). The lowest BCUT2D eigenvalue weighted by Gasteiger charge is -2.56. The van der Waals surface area contributed by atoms with Crippen molar-refractivity contribution in [1.82, 2.24) is 26.2 Å². The summed E-state index contributed by atoms with van der Waals surface area (Å²) in [4.78, 5) is 69.3. The number of likely N-dealkylation sites (tertiary alicyclic amines) is 1. The molecule has 0 spiro atoms. The minimum atomic E-state index is -1.19. The Morgan fingerprint density at radius 2 is 1.53 bits per heavy atom.